The molecule has 0 unspecified atom stereocenters. The predicted octanol–water partition coefficient (Wildman–Crippen LogP) is 3.81. The van der Waals surface area contributed by atoms with Gasteiger partial charge in [0, 0.05) is 13.1 Å². The zero-order valence-corrected chi connectivity index (χ0v) is 15.1. The van der Waals surface area contributed by atoms with Crippen LogP contribution in [0.4, 0.5) is 4.39 Å². The standard InChI is InChI=1S/C21H26FNO3/c1-25-20-12-17(13-23-15-21(24)10-2-3-11-21)6-9-19(20)26-14-16-4-7-18(22)8-5-16/h4-9,12,23-24H,2-3,10-11,13-15H2,1H3. The summed E-state index contributed by atoms with van der Waals surface area (Å²) in [4.78, 5) is 0. The topological polar surface area (TPSA) is 50.7 Å². The first-order chi connectivity index (χ1) is 12.6. The molecule has 2 aromatic rings. The van der Waals surface area contributed by atoms with Gasteiger partial charge in [0.15, 0.2) is 11.5 Å². The van der Waals surface area contributed by atoms with E-state index < -0.39 is 5.60 Å². The summed E-state index contributed by atoms with van der Waals surface area (Å²) in [6.07, 6.45) is 3.96. The summed E-state index contributed by atoms with van der Waals surface area (Å²) in [6.45, 7) is 1.62. The molecule has 0 amide bonds. The summed E-state index contributed by atoms with van der Waals surface area (Å²) in [5.41, 5.74) is 1.41. The normalized spacial score (nSPS) is 15.8. The highest BCUT2D eigenvalue weighted by atomic mass is 19.1. The van der Waals surface area contributed by atoms with E-state index in [1.165, 1.54) is 12.1 Å². The molecule has 140 valence electrons. The quantitative estimate of drug-likeness (QED) is 0.753. The molecule has 0 aromatic heterocycles. The molecular formula is C21H26FNO3. The molecule has 1 aliphatic rings. The summed E-state index contributed by atoms with van der Waals surface area (Å²) in [6, 6.07) is 12.0. The zero-order valence-electron chi connectivity index (χ0n) is 15.1. The van der Waals surface area contributed by atoms with Crippen LogP contribution >= 0.6 is 0 Å². The molecule has 0 aliphatic heterocycles. The first-order valence-electron chi connectivity index (χ1n) is 9.05. The molecule has 0 atom stereocenters. The van der Waals surface area contributed by atoms with E-state index in [1.54, 1.807) is 19.2 Å². The molecule has 1 saturated carbocycles. The average Bonchev–Trinajstić information content (AvgIpc) is 3.08. The van der Waals surface area contributed by atoms with Crippen LogP contribution in [0.2, 0.25) is 0 Å². The Morgan fingerprint density at radius 3 is 2.42 bits per heavy atom. The van der Waals surface area contributed by atoms with Crippen LogP contribution in [0, 0.1) is 5.82 Å². The predicted molar refractivity (Wildman–Crippen MR) is 98.9 cm³/mol. The van der Waals surface area contributed by atoms with Crippen molar-refractivity contribution in [3.63, 3.8) is 0 Å². The maximum absolute atomic E-state index is 13.0. The molecule has 4 nitrogen and oxygen atoms in total. The Kier molecular flexibility index (Phi) is 6.12. The van der Waals surface area contributed by atoms with Crippen molar-refractivity contribution in [2.24, 2.45) is 0 Å². The van der Waals surface area contributed by atoms with Gasteiger partial charge in [-0.3, -0.25) is 0 Å². The average molecular weight is 359 g/mol. The lowest BCUT2D eigenvalue weighted by Crippen LogP contribution is -2.37. The fourth-order valence-electron chi connectivity index (χ4n) is 3.33. The van der Waals surface area contributed by atoms with Crippen LogP contribution in [0.5, 0.6) is 11.5 Å². The van der Waals surface area contributed by atoms with E-state index in [4.69, 9.17) is 9.47 Å². The highest BCUT2D eigenvalue weighted by Gasteiger charge is 2.30. The van der Waals surface area contributed by atoms with Gasteiger partial charge >= 0.3 is 0 Å². The van der Waals surface area contributed by atoms with Crippen LogP contribution in [0.1, 0.15) is 36.8 Å². The summed E-state index contributed by atoms with van der Waals surface area (Å²) >= 11 is 0. The van der Waals surface area contributed by atoms with Crippen molar-refractivity contribution in [2.45, 2.75) is 44.4 Å². The third-order valence-electron chi connectivity index (χ3n) is 4.85. The molecule has 2 aromatic carbocycles. The van der Waals surface area contributed by atoms with Gasteiger partial charge in [-0.25, -0.2) is 4.39 Å². The van der Waals surface area contributed by atoms with E-state index in [0.717, 1.165) is 36.8 Å². The van der Waals surface area contributed by atoms with Crippen LogP contribution in [-0.4, -0.2) is 24.4 Å². The van der Waals surface area contributed by atoms with Gasteiger partial charge in [0.2, 0.25) is 0 Å². The molecule has 3 rings (SSSR count). The van der Waals surface area contributed by atoms with Crippen molar-refractivity contribution < 1.29 is 19.0 Å². The minimum Gasteiger partial charge on any atom is -0.493 e. The van der Waals surface area contributed by atoms with E-state index in [1.807, 2.05) is 18.2 Å². The second-order valence-corrected chi connectivity index (χ2v) is 6.94. The van der Waals surface area contributed by atoms with E-state index in [0.29, 0.717) is 31.2 Å². The third kappa shape index (κ3) is 4.96. The summed E-state index contributed by atoms with van der Waals surface area (Å²) in [7, 11) is 1.61. The van der Waals surface area contributed by atoms with Crippen molar-refractivity contribution in [1.29, 1.82) is 0 Å². The van der Waals surface area contributed by atoms with E-state index in [-0.39, 0.29) is 5.82 Å². The highest BCUT2D eigenvalue weighted by Crippen LogP contribution is 2.30. The Hall–Kier alpha value is -2.11. The molecular weight excluding hydrogens is 333 g/mol. The molecule has 0 heterocycles. The largest absolute Gasteiger partial charge is 0.493 e. The number of methoxy groups -OCH3 is 1. The van der Waals surface area contributed by atoms with E-state index >= 15 is 0 Å². The second-order valence-electron chi connectivity index (χ2n) is 6.94. The van der Waals surface area contributed by atoms with E-state index in [2.05, 4.69) is 5.32 Å². The molecule has 26 heavy (non-hydrogen) atoms. The number of hydrogen-bond donors (Lipinski definition) is 2. The molecule has 5 heteroatoms. The SMILES string of the molecule is COc1cc(CNCC2(O)CCCC2)ccc1OCc1ccc(F)cc1. The fraction of sp³-hybridized carbons (Fsp3) is 0.429. The molecule has 0 bridgehead atoms. The Morgan fingerprint density at radius 2 is 1.73 bits per heavy atom. The van der Waals surface area contributed by atoms with Gasteiger partial charge in [-0.05, 0) is 48.2 Å². The van der Waals surface area contributed by atoms with Gasteiger partial charge in [-0.15, -0.1) is 0 Å². The monoisotopic (exact) mass is 359 g/mol. The van der Waals surface area contributed by atoms with Crippen molar-refractivity contribution >= 4 is 0 Å². The van der Waals surface area contributed by atoms with Crippen molar-refractivity contribution in [3.8, 4) is 11.5 Å². The van der Waals surface area contributed by atoms with Gasteiger partial charge in [-0.2, -0.15) is 0 Å². The van der Waals surface area contributed by atoms with Gasteiger partial charge in [0.05, 0.1) is 12.7 Å². The Labute approximate surface area is 154 Å². The van der Waals surface area contributed by atoms with Crippen LogP contribution in [0.25, 0.3) is 0 Å². The van der Waals surface area contributed by atoms with Gasteiger partial charge in [0.1, 0.15) is 12.4 Å². The summed E-state index contributed by atoms with van der Waals surface area (Å²) < 4.78 is 24.2. The highest BCUT2D eigenvalue weighted by molar-refractivity contribution is 5.43. The maximum Gasteiger partial charge on any atom is 0.161 e. The molecule has 1 aliphatic carbocycles. The van der Waals surface area contributed by atoms with Crippen molar-refractivity contribution in [3.05, 3.63) is 59.4 Å². The van der Waals surface area contributed by atoms with Gasteiger partial charge < -0.3 is 19.9 Å². The van der Waals surface area contributed by atoms with Crippen molar-refractivity contribution in [2.75, 3.05) is 13.7 Å². The van der Waals surface area contributed by atoms with Gasteiger partial charge in [-0.1, -0.05) is 31.0 Å². The lowest BCUT2D eigenvalue weighted by Gasteiger charge is -2.22. The lowest BCUT2D eigenvalue weighted by atomic mass is 10.0. The van der Waals surface area contributed by atoms with Crippen molar-refractivity contribution in [1.82, 2.24) is 5.32 Å². The minimum absolute atomic E-state index is 0.259. The number of nitrogens with one attached hydrogen (secondary N) is 1. The lowest BCUT2D eigenvalue weighted by molar-refractivity contribution is 0.0475. The minimum atomic E-state index is -0.553. The summed E-state index contributed by atoms with van der Waals surface area (Å²) in [5.74, 6) is 1.05. The molecule has 0 saturated heterocycles. The molecule has 2 N–H and O–H groups in total. The Morgan fingerprint density at radius 1 is 1.04 bits per heavy atom. The van der Waals surface area contributed by atoms with Crippen LogP contribution in [0.15, 0.2) is 42.5 Å². The number of aliphatic hydroxyl groups is 1. The van der Waals surface area contributed by atoms with Crippen LogP contribution in [-0.2, 0) is 13.2 Å². The Balaban J connectivity index is 1.55. The smallest absolute Gasteiger partial charge is 0.161 e. The number of ether oxygens (including phenoxy) is 2. The number of rotatable bonds is 8. The fourth-order valence-corrected chi connectivity index (χ4v) is 3.33. The van der Waals surface area contributed by atoms with Crippen LogP contribution in [0.3, 0.4) is 0 Å². The first-order valence-corrected chi connectivity index (χ1v) is 9.05. The zero-order chi connectivity index (χ0) is 18.4. The number of hydrogen-bond acceptors (Lipinski definition) is 4. The van der Waals surface area contributed by atoms with E-state index in [9.17, 15) is 9.50 Å². The third-order valence-corrected chi connectivity index (χ3v) is 4.85. The first kappa shape index (κ1) is 18.7. The summed E-state index contributed by atoms with van der Waals surface area (Å²) in [5, 5.41) is 13.7. The Bertz CT molecular complexity index is 712. The number of benzene rings is 2. The molecule has 1 fully saturated rings. The molecule has 0 spiro atoms. The van der Waals surface area contributed by atoms with Crippen LogP contribution < -0.4 is 14.8 Å². The second kappa shape index (κ2) is 8.52. The number of halogens is 1. The molecule has 0 radical (unpaired) electrons. The van der Waals surface area contributed by atoms with Gasteiger partial charge in [0.25, 0.3) is 0 Å². The maximum atomic E-state index is 13.0.